The number of benzene rings is 1. The molecule has 3 N–H and O–H groups in total. The standard InChI is InChI=1S/C13H20N2O3/c1-13(2,3)12(16)15-9-7-11(18-5)10(17-4)6-8(9)14/h6-7H,14H2,1-5H3,(H,15,16). The molecule has 18 heavy (non-hydrogen) atoms. The van der Waals surface area contributed by atoms with Gasteiger partial charge in [-0.25, -0.2) is 0 Å². The van der Waals surface area contributed by atoms with Gasteiger partial charge in [-0.15, -0.1) is 0 Å². The van der Waals surface area contributed by atoms with Crippen LogP contribution >= 0.6 is 0 Å². The van der Waals surface area contributed by atoms with Gasteiger partial charge in [0.2, 0.25) is 5.91 Å². The average molecular weight is 252 g/mol. The highest BCUT2D eigenvalue weighted by atomic mass is 16.5. The van der Waals surface area contributed by atoms with Crippen LogP contribution in [0.5, 0.6) is 11.5 Å². The zero-order chi connectivity index (χ0) is 13.9. The second-order valence-corrected chi connectivity index (χ2v) is 5.00. The van der Waals surface area contributed by atoms with E-state index in [-0.39, 0.29) is 5.91 Å². The zero-order valence-corrected chi connectivity index (χ0v) is 11.5. The van der Waals surface area contributed by atoms with Gasteiger partial charge >= 0.3 is 0 Å². The molecule has 0 aliphatic rings. The Labute approximate surface area is 107 Å². The van der Waals surface area contributed by atoms with Crippen LogP contribution in [0.2, 0.25) is 0 Å². The summed E-state index contributed by atoms with van der Waals surface area (Å²) in [6, 6.07) is 3.27. The molecule has 0 aliphatic heterocycles. The third kappa shape index (κ3) is 3.06. The predicted octanol–water partition coefficient (Wildman–Crippen LogP) is 2.27. The van der Waals surface area contributed by atoms with Crippen molar-refractivity contribution in [2.24, 2.45) is 5.41 Å². The van der Waals surface area contributed by atoms with Crippen molar-refractivity contribution < 1.29 is 14.3 Å². The number of hydrogen-bond acceptors (Lipinski definition) is 4. The molecule has 0 atom stereocenters. The number of hydrogen-bond donors (Lipinski definition) is 2. The van der Waals surface area contributed by atoms with E-state index in [9.17, 15) is 4.79 Å². The van der Waals surface area contributed by atoms with Crippen molar-refractivity contribution >= 4 is 17.3 Å². The van der Waals surface area contributed by atoms with E-state index in [4.69, 9.17) is 15.2 Å². The highest BCUT2D eigenvalue weighted by Crippen LogP contribution is 2.35. The van der Waals surface area contributed by atoms with Crippen LogP contribution in [0.3, 0.4) is 0 Å². The van der Waals surface area contributed by atoms with Gasteiger partial charge in [-0.1, -0.05) is 20.8 Å². The second-order valence-electron chi connectivity index (χ2n) is 5.00. The quantitative estimate of drug-likeness (QED) is 0.809. The first kappa shape index (κ1) is 14.2. The maximum absolute atomic E-state index is 11.9. The maximum atomic E-state index is 11.9. The van der Waals surface area contributed by atoms with Gasteiger partial charge in [0.05, 0.1) is 25.6 Å². The summed E-state index contributed by atoms with van der Waals surface area (Å²) in [6.45, 7) is 5.50. The lowest BCUT2D eigenvalue weighted by Gasteiger charge is -2.19. The molecule has 1 rings (SSSR count). The Morgan fingerprint density at radius 3 is 2.11 bits per heavy atom. The maximum Gasteiger partial charge on any atom is 0.229 e. The first-order valence-corrected chi connectivity index (χ1v) is 5.62. The molecule has 1 aromatic rings. The fourth-order valence-corrected chi connectivity index (χ4v) is 1.31. The van der Waals surface area contributed by atoms with E-state index in [1.165, 1.54) is 14.2 Å². The molecule has 0 spiro atoms. The van der Waals surface area contributed by atoms with Crippen LogP contribution in [0.4, 0.5) is 11.4 Å². The van der Waals surface area contributed by atoms with E-state index in [1.54, 1.807) is 12.1 Å². The Kier molecular flexibility index (Phi) is 4.06. The lowest BCUT2D eigenvalue weighted by Crippen LogP contribution is -2.28. The molecule has 100 valence electrons. The fraction of sp³-hybridized carbons (Fsp3) is 0.462. The van der Waals surface area contributed by atoms with Crippen LogP contribution in [0.1, 0.15) is 20.8 Å². The van der Waals surface area contributed by atoms with Crippen molar-refractivity contribution in [2.45, 2.75) is 20.8 Å². The van der Waals surface area contributed by atoms with Crippen molar-refractivity contribution in [1.82, 2.24) is 0 Å². The molecule has 0 saturated carbocycles. The SMILES string of the molecule is COc1cc(N)c(NC(=O)C(C)(C)C)cc1OC. The van der Waals surface area contributed by atoms with Crippen LogP contribution in [0.15, 0.2) is 12.1 Å². The Morgan fingerprint density at radius 2 is 1.67 bits per heavy atom. The Balaban J connectivity index is 3.07. The average Bonchev–Trinajstić information content (AvgIpc) is 2.29. The molecule has 5 nitrogen and oxygen atoms in total. The van der Waals surface area contributed by atoms with E-state index < -0.39 is 5.41 Å². The zero-order valence-electron chi connectivity index (χ0n) is 11.5. The number of anilines is 2. The molecule has 0 saturated heterocycles. The van der Waals surface area contributed by atoms with Gasteiger partial charge in [0.1, 0.15) is 0 Å². The number of amides is 1. The Morgan fingerprint density at radius 1 is 1.17 bits per heavy atom. The van der Waals surface area contributed by atoms with Crippen LogP contribution in [-0.4, -0.2) is 20.1 Å². The van der Waals surface area contributed by atoms with Crippen molar-refractivity contribution in [1.29, 1.82) is 0 Å². The normalized spacial score (nSPS) is 10.9. The van der Waals surface area contributed by atoms with Gasteiger partial charge in [0.15, 0.2) is 11.5 Å². The highest BCUT2D eigenvalue weighted by molar-refractivity contribution is 5.97. The summed E-state index contributed by atoms with van der Waals surface area (Å²) in [5, 5.41) is 2.78. The van der Waals surface area contributed by atoms with Gasteiger partial charge in [0, 0.05) is 17.5 Å². The first-order chi connectivity index (χ1) is 8.29. The highest BCUT2D eigenvalue weighted by Gasteiger charge is 2.22. The number of ether oxygens (including phenoxy) is 2. The van der Waals surface area contributed by atoms with E-state index >= 15 is 0 Å². The van der Waals surface area contributed by atoms with Crippen molar-refractivity contribution in [3.05, 3.63) is 12.1 Å². The summed E-state index contributed by atoms with van der Waals surface area (Å²) in [5.41, 5.74) is 6.33. The molecule has 0 radical (unpaired) electrons. The summed E-state index contributed by atoms with van der Waals surface area (Å²) >= 11 is 0. The minimum absolute atomic E-state index is 0.110. The minimum atomic E-state index is -0.487. The minimum Gasteiger partial charge on any atom is -0.493 e. The van der Waals surface area contributed by atoms with Crippen LogP contribution in [0, 0.1) is 5.41 Å². The van der Waals surface area contributed by atoms with Gasteiger partial charge < -0.3 is 20.5 Å². The van der Waals surface area contributed by atoms with E-state index in [0.29, 0.717) is 22.9 Å². The molecular formula is C13H20N2O3. The molecule has 0 bridgehead atoms. The first-order valence-electron chi connectivity index (χ1n) is 5.62. The smallest absolute Gasteiger partial charge is 0.229 e. The second kappa shape index (κ2) is 5.16. The number of carbonyl (C=O) groups excluding carboxylic acids is 1. The summed E-state index contributed by atoms with van der Waals surface area (Å²) in [5.74, 6) is 0.945. The number of carbonyl (C=O) groups is 1. The lowest BCUT2D eigenvalue weighted by molar-refractivity contribution is -0.123. The third-order valence-electron chi connectivity index (χ3n) is 2.49. The number of nitrogens with one attached hydrogen (secondary N) is 1. The van der Waals surface area contributed by atoms with Crippen LogP contribution < -0.4 is 20.5 Å². The van der Waals surface area contributed by atoms with E-state index in [1.807, 2.05) is 20.8 Å². The van der Waals surface area contributed by atoms with Gasteiger partial charge in [0.25, 0.3) is 0 Å². The molecule has 0 heterocycles. The third-order valence-corrected chi connectivity index (χ3v) is 2.49. The number of methoxy groups -OCH3 is 2. The van der Waals surface area contributed by atoms with Gasteiger partial charge in [-0.2, -0.15) is 0 Å². The van der Waals surface area contributed by atoms with E-state index in [0.717, 1.165) is 0 Å². The Bertz CT molecular complexity index is 450. The van der Waals surface area contributed by atoms with E-state index in [2.05, 4.69) is 5.32 Å². The van der Waals surface area contributed by atoms with Crippen LogP contribution in [-0.2, 0) is 4.79 Å². The summed E-state index contributed by atoms with van der Waals surface area (Å²) < 4.78 is 10.3. The summed E-state index contributed by atoms with van der Waals surface area (Å²) in [7, 11) is 3.06. The summed E-state index contributed by atoms with van der Waals surface area (Å²) in [6.07, 6.45) is 0. The van der Waals surface area contributed by atoms with Gasteiger partial charge in [-0.05, 0) is 0 Å². The number of rotatable bonds is 3. The van der Waals surface area contributed by atoms with Crippen LogP contribution in [0.25, 0.3) is 0 Å². The van der Waals surface area contributed by atoms with Gasteiger partial charge in [-0.3, -0.25) is 4.79 Å². The summed E-state index contributed by atoms with van der Waals surface area (Å²) in [4.78, 5) is 11.9. The number of nitrogens with two attached hydrogens (primary N) is 1. The largest absolute Gasteiger partial charge is 0.493 e. The molecule has 1 aromatic carbocycles. The fourth-order valence-electron chi connectivity index (χ4n) is 1.31. The molecule has 1 amide bonds. The monoisotopic (exact) mass is 252 g/mol. The molecular weight excluding hydrogens is 232 g/mol. The van der Waals surface area contributed by atoms with Crippen molar-refractivity contribution in [3.63, 3.8) is 0 Å². The molecule has 0 aromatic heterocycles. The number of nitrogen functional groups attached to an aromatic ring is 1. The molecule has 0 aliphatic carbocycles. The van der Waals surface area contributed by atoms with Crippen molar-refractivity contribution in [2.75, 3.05) is 25.3 Å². The molecule has 0 fully saturated rings. The van der Waals surface area contributed by atoms with Crippen molar-refractivity contribution in [3.8, 4) is 11.5 Å². The topological polar surface area (TPSA) is 73.6 Å². The lowest BCUT2D eigenvalue weighted by atomic mass is 9.95. The Hall–Kier alpha value is -1.91. The molecule has 5 heteroatoms. The molecule has 0 unspecified atom stereocenters. The predicted molar refractivity (Wildman–Crippen MR) is 72.0 cm³/mol.